The first-order valence-electron chi connectivity index (χ1n) is 6.89. The average molecular weight is 265 g/mol. The molecule has 1 fully saturated rings. The summed E-state index contributed by atoms with van der Waals surface area (Å²) in [5.41, 5.74) is 0.0848. The molecular weight excluding hydrogens is 242 g/mol. The number of nitrogens with one attached hydrogen (secondary N) is 2. The molecule has 0 amide bonds. The molecule has 1 aromatic rings. The maximum Gasteiger partial charge on any atom is 0.323 e. The molecule has 0 bridgehead atoms. The Morgan fingerprint density at radius 2 is 1.74 bits per heavy atom. The number of nitrogens with zero attached hydrogens (tertiary/aromatic N) is 3. The molecule has 19 heavy (non-hydrogen) atoms. The first kappa shape index (κ1) is 13.8. The van der Waals surface area contributed by atoms with E-state index in [9.17, 15) is 0 Å². The van der Waals surface area contributed by atoms with Crippen LogP contribution in [0.1, 0.15) is 46.5 Å². The Bertz CT molecular complexity index is 429. The Hall–Kier alpha value is -1.59. The van der Waals surface area contributed by atoms with Gasteiger partial charge in [0.15, 0.2) is 0 Å². The summed E-state index contributed by atoms with van der Waals surface area (Å²) in [6.07, 6.45) is 4.84. The molecule has 0 saturated heterocycles. The minimum absolute atomic E-state index is 0.0435. The topological polar surface area (TPSA) is 72.0 Å². The number of ether oxygens (including phenoxy) is 1. The third-order valence-corrected chi connectivity index (χ3v) is 3.30. The fourth-order valence-corrected chi connectivity index (χ4v) is 2.34. The molecule has 1 aliphatic rings. The number of rotatable bonds is 5. The molecule has 6 nitrogen and oxygen atoms in total. The maximum atomic E-state index is 5.55. The second-order valence-electron chi connectivity index (χ2n) is 5.57. The van der Waals surface area contributed by atoms with E-state index >= 15 is 0 Å². The van der Waals surface area contributed by atoms with Crippen LogP contribution < -0.4 is 15.4 Å². The molecule has 1 aromatic heterocycles. The third kappa shape index (κ3) is 3.68. The van der Waals surface area contributed by atoms with Crippen molar-refractivity contribution in [3.63, 3.8) is 0 Å². The van der Waals surface area contributed by atoms with E-state index in [2.05, 4.69) is 32.5 Å². The average Bonchev–Trinajstić information content (AvgIpc) is 2.74. The van der Waals surface area contributed by atoms with Crippen LogP contribution in [-0.4, -0.2) is 33.6 Å². The summed E-state index contributed by atoms with van der Waals surface area (Å²) in [5.74, 6) is 1.11. The van der Waals surface area contributed by atoms with Crippen molar-refractivity contribution in [2.75, 3.05) is 17.7 Å². The summed E-state index contributed by atoms with van der Waals surface area (Å²) in [4.78, 5) is 12.9. The number of hydrogen-bond acceptors (Lipinski definition) is 6. The molecule has 106 valence electrons. The van der Waals surface area contributed by atoms with Crippen LogP contribution in [0.2, 0.25) is 0 Å². The van der Waals surface area contributed by atoms with Crippen LogP contribution in [0, 0.1) is 0 Å². The van der Waals surface area contributed by atoms with Gasteiger partial charge in [-0.2, -0.15) is 15.0 Å². The molecule has 1 saturated carbocycles. The third-order valence-electron chi connectivity index (χ3n) is 3.30. The van der Waals surface area contributed by atoms with Gasteiger partial charge in [-0.15, -0.1) is 0 Å². The van der Waals surface area contributed by atoms with Gasteiger partial charge in [-0.3, -0.25) is 0 Å². The Labute approximate surface area is 114 Å². The summed E-state index contributed by atoms with van der Waals surface area (Å²) in [6.45, 7) is 6.12. The van der Waals surface area contributed by atoms with Gasteiger partial charge < -0.3 is 15.4 Å². The van der Waals surface area contributed by atoms with Crippen molar-refractivity contribution in [1.82, 2.24) is 15.0 Å². The van der Waals surface area contributed by atoms with Crippen molar-refractivity contribution in [3.8, 4) is 6.01 Å². The second kappa shape index (κ2) is 5.59. The van der Waals surface area contributed by atoms with Gasteiger partial charge >= 0.3 is 6.01 Å². The normalized spacial score (nSPS) is 17.5. The zero-order valence-electron chi connectivity index (χ0n) is 12.2. The van der Waals surface area contributed by atoms with Crippen LogP contribution in [0.5, 0.6) is 6.01 Å². The van der Waals surface area contributed by atoms with E-state index in [1.54, 1.807) is 7.05 Å². The summed E-state index contributed by atoms with van der Waals surface area (Å²) >= 11 is 0. The molecule has 2 rings (SSSR count). The first-order valence-corrected chi connectivity index (χ1v) is 6.89. The predicted octanol–water partition coefficient (Wildman–Crippen LogP) is 2.45. The van der Waals surface area contributed by atoms with Crippen molar-refractivity contribution >= 4 is 11.9 Å². The Morgan fingerprint density at radius 1 is 1.11 bits per heavy atom. The molecule has 0 radical (unpaired) electrons. The highest BCUT2D eigenvalue weighted by molar-refractivity contribution is 5.37. The van der Waals surface area contributed by atoms with Crippen molar-refractivity contribution in [3.05, 3.63) is 0 Å². The molecule has 1 aliphatic carbocycles. The van der Waals surface area contributed by atoms with Crippen molar-refractivity contribution in [2.45, 2.75) is 58.1 Å². The van der Waals surface area contributed by atoms with E-state index in [0.29, 0.717) is 17.9 Å². The fourth-order valence-electron chi connectivity index (χ4n) is 2.34. The zero-order chi connectivity index (χ0) is 13.9. The maximum absolute atomic E-state index is 5.55. The molecule has 2 N–H and O–H groups in total. The molecule has 1 heterocycles. The number of anilines is 2. The summed E-state index contributed by atoms with van der Waals surface area (Å²) in [6, 6.07) is 0.360. The molecular formula is C13H23N5O. The summed E-state index contributed by atoms with van der Waals surface area (Å²) in [7, 11) is 1.79. The van der Waals surface area contributed by atoms with Crippen LogP contribution in [-0.2, 0) is 0 Å². The largest absolute Gasteiger partial charge is 0.461 e. The lowest BCUT2D eigenvalue weighted by atomic mass is 10.0. The SMILES string of the molecule is CNc1nc(NC2(C)CCCC2)nc(OC(C)C)n1. The van der Waals surface area contributed by atoms with Crippen molar-refractivity contribution in [2.24, 2.45) is 0 Å². The lowest BCUT2D eigenvalue weighted by molar-refractivity contribution is 0.222. The summed E-state index contributed by atoms with van der Waals surface area (Å²) in [5, 5.41) is 6.36. The lowest BCUT2D eigenvalue weighted by Crippen LogP contribution is -2.32. The van der Waals surface area contributed by atoms with Crippen LogP contribution in [0.3, 0.4) is 0 Å². The quantitative estimate of drug-likeness (QED) is 0.852. The van der Waals surface area contributed by atoms with Crippen LogP contribution in [0.25, 0.3) is 0 Å². The molecule has 6 heteroatoms. The Kier molecular flexibility index (Phi) is 4.07. The highest BCUT2D eigenvalue weighted by Crippen LogP contribution is 2.32. The van der Waals surface area contributed by atoms with Crippen molar-refractivity contribution < 1.29 is 4.74 Å². The van der Waals surface area contributed by atoms with E-state index in [-0.39, 0.29) is 11.6 Å². The standard InChI is InChI=1S/C13H23N5O/c1-9(2)19-12-16-10(14-4)15-11(17-12)18-13(3)7-5-6-8-13/h9H,5-8H2,1-4H3,(H2,14,15,16,17,18). The van der Waals surface area contributed by atoms with E-state index in [0.717, 1.165) is 12.8 Å². The smallest absolute Gasteiger partial charge is 0.323 e. The zero-order valence-corrected chi connectivity index (χ0v) is 12.2. The van der Waals surface area contributed by atoms with E-state index in [4.69, 9.17) is 4.74 Å². The van der Waals surface area contributed by atoms with E-state index in [1.807, 2.05) is 13.8 Å². The first-order chi connectivity index (χ1) is 9.00. The van der Waals surface area contributed by atoms with E-state index in [1.165, 1.54) is 12.8 Å². The fraction of sp³-hybridized carbons (Fsp3) is 0.769. The van der Waals surface area contributed by atoms with Gasteiger partial charge in [0.2, 0.25) is 11.9 Å². The highest BCUT2D eigenvalue weighted by Gasteiger charge is 2.29. The minimum atomic E-state index is 0.0435. The van der Waals surface area contributed by atoms with Crippen LogP contribution in [0.15, 0.2) is 0 Å². The molecule has 0 spiro atoms. The number of aromatic nitrogens is 3. The van der Waals surface area contributed by atoms with Gasteiger partial charge in [-0.05, 0) is 33.6 Å². The monoisotopic (exact) mass is 265 g/mol. The van der Waals surface area contributed by atoms with Crippen molar-refractivity contribution in [1.29, 1.82) is 0 Å². The Morgan fingerprint density at radius 3 is 2.32 bits per heavy atom. The summed E-state index contributed by atoms with van der Waals surface area (Å²) < 4.78 is 5.55. The van der Waals surface area contributed by atoms with Gasteiger partial charge in [-0.25, -0.2) is 0 Å². The molecule has 0 aromatic carbocycles. The number of hydrogen-bond donors (Lipinski definition) is 2. The lowest BCUT2D eigenvalue weighted by Gasteiger charge is -2.25. The highest BCUT2D eigenvalue weighted by atomic mass is 16.5. The van der Waals surface area contributed by atoms with Gasteiger partial charge in [0.25, 0.3) is 0 Å². The van der Waals surface area contributed by atoms with Gasteiger partial charge in [-0.1, -0.05) is 12.8 Å². The van der Waals surface area contributed by atoms with Crippen LogP contribution >= 0.6 is 0 Å². The van der Waals surface area contributed by atoms with Gasteiger partial charge in [0.1, 0.15) is 0 Å². The molecule has 0 unspecified atom stereocenters. The van der Waals surface area contributed by atoms with Gasteiger partial charge in [0, 0.05) is 12.6 Å². The molecule has 0 aliphatic heterocycles. The van der Waals surface area contributed by atoms with Crippen LogP contribution in [0.4, 0.5) is 11.9 Å². The minimum Gasteiger partial charge on any atom is -0.461 e. The predicted molar refractivity (Wildman–Crippen MR) is 75.6 cm³/mol. The van der Waals surface area contributed by atoms with E-state index < -0.39 is 0 Å². The molecule has 0 atom stereocenters. The Balaban J connectivity index is 2.18. The second-order valence-corrected chi connectivity index (χ2v) is 5.57. The van der Waals surface area contributed by atoms with Gasteiger partial charge in [0.05, 0.1) is 6.10 Å².